The minimum atomic E-state index is -4.54. The maximum Gasteiger partial charge on any atom is 0.416 e. The Bertz CT molecular complexity index is 1120. The number of nitrogens with zero attached hydrogens (tertiary/aromatic N) is 3. The second-order valence-electron chi connectivity index (χ2n) is 7.92. The summed E-state index contributed by atoms with van der Waals surface area (Å²) >= 11 is 1.18. The van der Waals surface area contributed by atoms with Gasteiger partial charge in [0.1, 0.15) is 23.3 Å². The van der Waals surface area contributed by atoms with Crippen molar-refractivity contribution in [1.82, 2.24) is 9.97 Å². The molecule has 0 unspecified atom stereocenters. The summed E-state index contributed by atoms with van der Waals surface area (Å²) in [6.07, 6.45) is -1.93. The van der Waals surface area contributed by atoms with Crippen LogP contribution in [0.15, 0.2) is 29.3 Å². The van der Waals surface area contributed by atoms with E-state index in [0.29, 0.717) is 17.9 Å². The van der Waals surface area contributed by atoms with E-state index in [2.05, 4.69) is 15.3 Å². The Morgan fingerprint density at radius 2 is 2.00 bits per heavy atom. The van der Waals surface area contributed by atoms with Gasteiger partial charge in [0.2, 0.25) is 5.95 Å². The van der Waals surface area contributed by atoms with Crippen LogP contribution in [-0.2, 0) is 31.7 Å². The highest BCUT2D eigenvalue weighted by Crippen LogP contribution is 2.30. The average Bonchev–Trinajstić information content (AvgIpc) is 2.85. The second-order valence-corrected chi connectivity index (χ2v) is 8.72. The Labute approximate surface area is 216 Å². The Kier molecular flexibility index (Phi) is 11.6. The van der Waals surface area contributed by atoms with Gasteiger partial charge in [0.15, 0.2) is 11.6 Å². The summed E-state index contributed by atoms with van der Waals surface area (Å²) in [5.41, 5.74) is 5.20. The van der Waals surface area contributed by atoms with Crippen LogP contribution in [-0.4, -0.2) is 54.3 Å². The molecule has 0 aliphatic heterocycles. The van der Waals surface area contributed by atoms with Crippen LogP contribution >= 0.6 is 11.8 Å². The van der Waals surface area contributed by atoms with Crippen molar-refractivity contribution < 1.29 is 32.2 Å². The number of alkyl halides is 3. The quantitative estimate of drug-likeness (QED) is 0.157. The molecule has 0 saturated carbocycles. The third-order valence-corrected chi connectivity index (χ3v) is 5.89. The summed E-state index contributed by atoms with van der Waals surface area (Å²) in [6, 6.07) is 5.63. The van der Waals surface area contributed by atoms with Crippen molar-refractivity contribution in [3.63, 3.8) is 0 Å². The lowest BCUT2D eigenvalue weighted by molar-refractivity contribution is -0.145. The lowest BCUT2D eigenvalue weighted by atomic mass is 9.97. The fourth-order valence-electron chi connectivity index (χ4n) is 3.40. The number of ketones is 1. The molecule has 0 amide bonds. The number of carbonyl (C=O) groups is 2. The highest BCUT2D eigenvalue weighted by Gasteiger charge is 2.31. The number of ether oxygens (including phenoxy) is 2. The number of anilines is 2. The summed E-state index contributed by atoms with van der Waals surface area (Å²) < 4.78 is 49.2. The van der Waals surface area contributed by atoms with Crippen LogP contribution in [0.4, 0.5) is 24.9 Å². The highest BCUT2D eigenvalue weighted by molar-refractivity contribution is 7.98. The van der Waals surface area contributed by atoms with E-state index in [4.69, 9.17) is 15.2 Å². The first kappa shape index (κ1) is 29.9. The number of esters is 1. The van der Waals surface area contributed by atoms with Crippen LogP contribution in [0.3, 0.4) is 0 Å². The lowest BCUT2D eigenvalue weighted by Gasteiger charge is -2.20. The van der Waals surface area contributed by atoms with E-state index in [1.807, 2.05) is 6.07 Å². The number of benzene rings is 1. The number of carbonyl (C=O) groups excluding carboxylic acids is 2. The van der Waals surface area contributed by atoms with E-state index in [-0.39, 0.29) is 55.4 Å². The van der Waals surface area contributed by atoms with Gasteiger partial charge in [-0.25, -0.2) is 4.98 Å². The SMILES string of the molecule is COCCOC(=O)CCCC[C@H](Nc1nc(N)nc(SC)c1C#N)C(=O)Cc1cccc(C(F)(F)F)c1. The maximum atomic E-state index is 13.2. The molecule has 37 heavy (non-hydrogen) atoms. The molecule has 2 rings (SSSR count). The van der Waals surface area contributed by atoms with Crippen LogP contribution in [0, 0.1) is 11.3 Å². The zero-order chi connectivity index (χ0) is 27.4. The number of nitrogens with two attached hydrogens (primary N) is 1. The zero-order valence-electron chi connectivity index (χ0n) is 20.4. The van der Waals surface area contributed by atoms with Gasteiger partial charge in [-0.15, -0.1) is 11.8 Å². The second kappa shape index (κ2) is 14.4. The number of Topliss-reactive ketones (excluding diaryl/α,β-unsaturated/α-hetero) is 1. The van der Waals surface area contributed by atoms with Crippen molar-refractivity contribution >= 4 is 35.3 Å². The van der Waals surface area contributed by atoms with Gasteiger partial charge in [-0.3, -0.25) is 9.59 Å². The molecule has 1 heterocycles. The van der Waals surface area contributed by atoms with Crippen molar-refractivity contribution in [2.24, 2.45) is 0 Å². The Morgan fingerprint density at radius 3 is 2.65 bits per heavy atom. The fourth-order valence-corrected chi connectivity index (χ4v) is 3.93. The van der Waals surface area contributed by atoms with Gasteiger partial charge >= 0.3 is 12.1 Å². The van der Waals surface area contributed by atoms with Crippen LogP contribution in [0.1, 0.15) is 42.4 Å². The summed E-state index contributed by atoms with van der Waals surface area (Å²) in [5, 5.41) is 12.9. The summed E-state index contributed by atoms with van der Waals surface area (Å²) in [4.78, 5) is 33.1. The molecule has 2 aromatic rings. The molecule has 3 N–H and O–H groups in total. The molecule has 200 valence electrons. The van der Waals surface area contributed by atoms with E-state index in [9.17, 15) is 28.0 Å². The number of unbranched alkanes of at least 4 members (excludes halogenated alkanes) is 1. The number of thioether (sulfide) groups is 1. The van der Waals surface area contributed by atoms with Crippen LogP contribution in [0.5, 0.6) is 0 Å². The topological polar surface area (TPSA) is 140 Å². The predicted molar refractivity (Wildman–Crippen MR) is 132 cm³/mol. The zero-order valence-corrected chi connectivity index (χ0v) is 21.2. The number of aromatic nitrogens is 2. The maximum absolute atomic E-state index is 13.2. The van der Waals surface area contributed by atoms with Gasteiger partial charge in [-0.2, -0.15) is 23.4 Å². The summed E-state index contributed by atoms with van der Waals surface area (Å²) in [7, 11) is 1.49. The predicted octanol–water partition coefficient (Wildman–Crippen LogP) is 4.01. The molecular weight excluding hydrogens is 511 g/mol. The van der Waals surface area contributed by atoms with Crippen molar-refractivity contribution in [1.29, 1.82) is 5.26 Å². The number of hydrogen-bond acceptors (Lipinski definition) is 10. The van der Waals surface area contributed by atoms with Gasteiger partial charge in [0, 0.05) is 20.0 Å². The first-order valence-corrected chi connectivity index (χ1v) is 12.5. The van der Waals surface area contributed by atoms with Gasteiger partial charge < -0.3 is 20.5 Å². The van der Waals surface area contributed by atoms with E-state index in [1.54, 1.807) is 6.26 Å². The molecule has 0 bridgehead atoms. The number of nitriles is 1. The molecule has 0 aliphatic carbocycles. The normalized spacial score (nSPS) is 12.0. The largest absolute Gasteiger partial charge is 0.463 e. The molecular formula is C24H28F3N5O4S. The van der Waals surface area contributed by atoms with E-state index >= 15 is 0 Å². The number of hydrogen-bond donors (Lipinski definition) is 2. The van der Waals surface area contributed by atoms with Gasteiger partial charge in [0.05, 0.1) is 18.2 Å². The van der Waals surface area contributed by atoms with Crippen LogP contribution in [0.2, 0.25) is 0 Å². The third-order valence-electron chi connectivity index (χ3n) is 5.20. The van der Waals surface area contributed by atoms with Gasteiger partial charge in [-0.1, -0.05) is 24.6 Å². The third kappa shape index (κ3) is 9.55. The van der Waals surface area contributed by atoms with Crippen molar-refractivity contribution in [2.45, 2.75) is 49.3 Å². The van der Waals surface area contributed by atoms with Crippen LogP contribution in [0.25, 0.3) is 0 Å². The van der Waals surface area contributed by atoms with Crippen LogP contribution < -0.4 is 11.1 Å². The van der Waals surface area contributed by atoms with Crippen molar-refractivity contribution in [2.75, 3.05) is 37.6 Å². The smallest absolute Gasteiger partial charge is 0.416 e. The molecule has 0 aliphatic rings. The van der Waals surface area contributed by atoms with Gasteiger partial charge in [0.25, 0.3) is 0 Å². The molecule has 9 nitrogen and oxygen atoms in total. The van der Waals surface area contributed by atoms with E-state index in [0.717, 1.165) is 12.1 Å². The Hall–Kier alpha value is -3.37. The highest BCUT2D eigenvalue weighted by atomic mass is 32.2. The molecule has 1 aromatic heterocycles. The van der Waals surface area contributed by atoms with Crippen molar-refractivity contribution in [3.8, 4) is 6.07 Å². The molecule has 1 atom stereocenters. The lowest BCUT2D eigenvalue weighted by Crippen LogP contribution is -2.32. The number of nitrogen functional groups attached to an aromatic ring is 1. The molecule has 0 saturated heterocycles. The van der Waals surface area contributed by atoms with Gasteiger partial charge in [-0.05, 0) is 30.7 Å². The average molecular weight is 540 g/mol. The number of rotatable bonds is 14. The monoisotopic (exact) mass is 539 g/mol. The minimum absolute atomic E-state index is 0.0562. The summed E-state index contributed by atoms with van der Waals surface area (Å²) in [5.74, 6) is -0.861. The number of methoxy groups -OCH3 is 1. The molecule has 13 heteroatoms. The fraction of sp³-hybridized carbons (Fsp3) is 0.458. The van der Waals surface area contributed by atoms with E-state index < -0.39 is 29.5 Å². The Morgan fingerprint density at radius 1 is 1.24 bits per heavy atom. The first-order valence-electron chi connectivity index (χ1n) is 11.3. The number of nitrogens with one attached hydrogen (secondary N) is 1. The van der Waals surface area contributed by atoms with E-state index in [1.165, 1.54) is 31.0 Å². The minimum Gasteiger partial charge on any atom is -0.463 e. The Balaban J connectivity index is 2.19. The molecule has 0 radical (unpaired) electrons. The molecule has 0 fully saturated rings. The van der Waals surface area contributed by atoms with Crippen molar-refractivity contribution in [3.05, 3.63) is 41.0 Å². The molecule has 0 spiro atoms. The standard InChI is InChI=1S/C24H28F3N5O4S/c1-35-10-11-36-20(34)9-4-3-8-18(30-21-17(14-28)22(37-2)32-23(29)31-21)19(33)13-15-6-5-7-16(12-15)24(25,26)27/h5-7,12,18H,3-4,8-11,13H2,1-2H3,(H3,29,30,31,32)/t18-/m0/s1. The number of halogens is 3. The summed E-state index contributed by atoms with van der Waals surface area (Å²) in [6.45, 7) is 0.419. The first-order chi connectivity index (χ1) is 17.6. The molecule has 1 aromatic carbocycles.